The van der Waals surface area contributed by atoms with E-state index in [9.17, 15) is 14.7 Å². The lowest BCUT2D eigenvalue weighted by atomic mass is 10.1. The van der Waals surface area contributed by atoms with Gasteiger partial charge in [0.25, 0.3) is 0 Å². The van der Waals surface area contributed by atoms with Gasteiger partial charge in [0.05, 0.1) is 6.61 Å². The van der Waals surface area contributed by atoms with Crippen molar-refractivity contribution in [1.29, 1.82) is 0 Å². The molecule has 0 bridgehead atoms. The standard InChI is InChI=1S/C38H68O5/c1-3-5-7-9-11-13-15-17-18-19-20-21-23-25-27-29-31-33-38(41)43-36(34-39)35-42-37(40)32-30-28-26-24-22-16-14-12-10-8-6-4-2/h11-14,17-18,36,39H,3-10,15-16,19-35H2,1-2H3/b13-11+,14-12+,18-17+/t36-/m0/s1. The molecular weight excluding hydrogens is 536 g/mol. The van der Waals surface area contributed by atoms with E-state index in [-0.39, 0.29) is 25.2 Å². The molecular formula is C38H68O5. The number of esters is 2. The van der Waals surface area contributed by atoms with Gasteiger partial charge >= 0.3 is 11.9 Å². The van der Waals surface area contributed by atoms with E-state index in [0.29, 0.717) is 12.8 Å². The molecule has 1 atom stereocenters. The van der Waals surface area contributed by atoms with Gasteiger partial charge in [-0.15, -0.1) is 0 Å². The topological polar surface area (TPSA) is 72.8 Å². The quantitative estimate of drug-likeness (QED) is 0.0470. The van der Waals surface area contributed by atoms with Crippen LogP contribution in [-0.4, -0.2) is 36.4 Å². The van der Waals surface area contributed by atoms with Gasteiger partial charge in [-0.1, -0.05) is 127 Å². The fourth-order valence-corrected chi connectivity index (χ4v) is 4.87. The Labute approximate surface area is 266 Å². The van der Waals surface area contributed by atoms with Crippen LogP contribution in [0.3, 0.4) is 0 Å². The summed E-state index contributed by atoms with van der Waals surface area (Å²) in [6.07, 6.45) is 40.5. The molecule has 0 aliphatic carbocycles. The van der Waals surface area contributed by atoms with E-state index < -0.39 is 6.10 Å². The highest BCUT2D eigenvalue weighted by Gasteiger charge is 2.16. The largest absolute Gasteiger partial charge is 0.462 e. The Kier molecular flexibility index (Phi) is 33.1. The van der Waals surface area contributed by atoms with Gasteiger partial charge in [0.1, 0.15) is 6.61 Å². The monoisotopic (exact) mass is 605 g/mol. The van der Waals surface area contributed by atoms with Gasteiger partial charge in [0.2, 0.25) is 0 Å². The summed E-state index contributed by atoms with van der Waals surface area (Å²) in [6, 6.07) is 0. The number of hydrogen-bond donors (Lipinski definition) is 1. The predicted molar refractivity (Wildman–Crippen MR) is 182 cm³/mol. The van der Waals surface area contributed by atoms with Crippen molar-refractivity contribution in [2.24, 2.45) is 0 Å². The zero-order valence-electron chi connectivity index (χ0n) is 28.2. The SMILES string of the molecule is CCCCC/C=C/C/C=C/CCCCCCCCCC(=O)O[C@@H](CO)COC(=O)CCCCCCC/C=C/CCCCC. The van der Waals surface area contributed by atoms with Crippen LogP contribution in [0.15, 0.2) is 36.5 Å². The van der Waals surface area contributed by atoms with E-state index in [1.165, 1.54) is 89.9 Å². The van der Waals surface area contributed by atoms with E-state index >= 15 is 0 Å². The van der Waals surface area contributed by atoms with Gasteiger partial charge in [-0.3, -0.25) is 9.59 Å². The highest BCUT2D eigenvalue weighted by Crippen LogP contribution is 2.12. The Bertz CT molecular complexity index is 696. The normalized spacial score (nSPS) is 12.5. The Morgan fingerprint density at radius 2 is 0.930 bits per heavy atom. The summed E-state index contributed by atoms with van der Waals surface area (Å²) in [5.74, 6) is -0.612. The maximum Gasteiger partial charge on any atom is 0.306 e. The van der Waals surface area contributed by atoms with Crippen molar-refractivity contribution in [3.8, 4) is 0 Å². The molecule has 0 aromatic carbocycles. The smallest absolute Gasteiger partial charge is 0.306 e. The predicted octanol–water partition coefficient (Wildman–Crippen LogP) is 10.9. The van der Waals surface area contributed by atoms with Crippen LogP contribution in [0, 0.1) is 0 Å². The molecule has 0 aliphatic rings. The first-order valence-electron chi connectivity index (χ1n) is 18.0. The number of ether oxygens (including phenoxy) is 2. The molecule has 0 saturated carbocycles. The molecule has 0 amide bonds. The Hall–Kier alpha value is -1.88. The molecule has 1 N–H and O–H groups in total. The molecule has 0 fully saturated rings. The number of allylic oxidation sites excluding steroid dienone is 6. The fraction of sp³-hybridized carbons (Fsp3) is 0.789. The number of rotatable bonds is 32. The second kappa shape index (κ2) is 34.6. The van der Waals surface area contributed by atoms with E-state index in [0.717, 1.165) is 57.8 Å². The molecule has 0 saturated heterocycles. The zero-order chi connectivity index (χ0) is 31.5. The van der Waals surface area contributed by atoms with E-state index in [2.05, 4.69) is 50.3 Å². The van der Waals surface area contributed by atoms with Gasteiger partial charge in [0.15, 0.2) is 6.10 Å². The van der Waals surface area contributed by atoms with Gasteiger partial charge in [0, 0.05) is 12.8 Å². The van der Waals surface area contributed by atoms with E-state index in [1.807, 2.05) is 0 Å². The fourth-order valence-electron chi connectivity index (χ4n) is 4.87. The zero-order valence-corrected chi connectivity index (χ0v) is 28.2. The first-order chi connectivity index (χ1) is 21.1. The third-order valence-electron chi connectivity index (χ3n) is 7.66. The van der Waals surface area contributed by atoms with Gasteiger partial charge in [-0.25, -0.2) is 0 Å². The van der Waals surface area contributed by atoms with Gasteiger partial charge < -0.3 is 14.6 Å². The van der Waals surface area contributed by atoms with Crippen molar-refractivity contribution in [3.05, 3.63) is 36.5 Å². The van der Waals surface area contributed by atoms with Crippen LogP contribution in [0.1, 0.15) is 174 Å². The summed E-state index contributed by atoms with van der Waals surface area (Å²) in [6.45, 7) is 4.06. The first-order valence-corrected chi connectivity index (χ1v) is 18.0. The van der Waals surface area contributed by atoms with Crippen molar-refractivity contribution in [1.82, 2.24) is 0 Å². The van der Waals surface area contributed by atoms with Crippen LogP contribution < -0.4 is 0 Å². The Morgan fingerprint density at radius 3 is 1.40 bits per heavy atom. The maximum atomic E-state index is 12.1. The highest BCUT2D eigenvalue weighted by atomic mass is 16.6. The average Bonchev–Trinajstić information content (AvgIpc) is 3.01. The third-order valence-corrected chi connectivity index (χ3v) is 7.66. The maximum absolute atomic E-state index is 12.1. The lowest BCUT2D eigenvalue weighted by Gasteiger charge is -2.15. The van der Waals surface area contributed by atoms with Gasteiger partial charge in [-0.05, 0) is 70.6 Å². The van der Waals surface area contributed by atoms with Crippen LogP contribution in [-0.2, 0) is 19.1 Å². The molecule has 0 aromatic heterocycles. The molecule has 43 heavy (non-hydrogen) atoms. The number of hydrogen-bond acceptors (Lipinski definition) is 5. The first kappa shape index (κ1) is 41.1. The van der Waals surface area contributed by atoms with Crippen molar-refractivity contribution in [2.45, 2.75) is 180 Å². The van der Waals surface area contributed by atoms with Crippen LogP contribution >= 0.6 is 0 Å². The van der Waals surface area contributed by atoms with Crippen LogP contribution in [0.25, 0.3) is 0 Å². The highest BCUT2D eigenvalue weighted by molar-refractivity contribution is 5.70. The van der Waals surface area contributed by atoms with E-state index in [1.54, 1.807) is 0 Å². The average molecular weight is 605 g/mol. The second-order valence-electron chi connectivity index (χ2n) is 11.9. The molecule has 0 heterocycles. The molecule has 0 aliphatic heterocycles. The Balaban J connectivity index is 3.60. The number of carbonyl (C=O) groups is 2. The van der Waals surface area contributed by atoms with Crippen molar-refractivity contribution < 1.29 is 24.2 Å². The summed E-state index contributed by atoms with van der Waals surface area (Å²) in [5.41, 5.74) is 0. The minimum absolute atomic E-state index is 0.0728. The molecule has 5 nitrogen and oxygen atoms in total. The van der Waals surface area contributed by atoms with Gasteiger partial charge in [-0.2, -0.15) is 0 Å². The molecule has 5 heteroatoms. The van der Waals surface area contributed by atoms with E-state index in [4.69, 9.17) is 9.47 Å². The van der Waals surface area contributed by atoms with Crippen LogP contribution in [0.4, 0.5) is 0 Å². The number of carbonyl (C=O) groups excluding carboxylic acids is 2. The number of aliphatic hydroxyl groups is 1. The Morgan fingerprint density at radius 1 is 0.535 bits per heavy atom. The summed E-state index contributed by atoms with van der Waals surface area (Å²) in [4.78, 5) is 24.1. The molecule has 0 aromatic rings. The lowest BCUT2D eigenvalue weighted by molar-refractivity contribution is -0.161. The summed E-state index contributed by atoms with van der Waals surface area (Å²) >= 11 is 0. The lowest BCUT2D eigenvalue weighted by Crippen LogP contribution is -2.28. The molecule has 250 valence electrons. The number of aliphatic hydroxyl groups excluding tert-OH is 1. The third kappa shape index (κ3) is 32.9. The molecule has 0 spiro atoms. The molecule has 0 rings (SSSR count). The summed E-state index contributed by atoms with van der Waals surface area (Å²) < 4.78 is 10.6. The molecule has 0 unspecified atom stereocenters. The van der Waals surface area contributed by atoms with Crippen LogP contribution in [0.5, 0.6) is 0 Å². The minimum Gasteiger partial charge on any atom is -0.462 e. The summed E-state index contributed by atoms with van der Waals surface area (Å²) in [7, 11) is 0. The van der Waals surface area contributed by atoms with Crippen molar-refractivity contribution >= 4 is 11.9 Å². The van der Waals surface area contributed by atoms with Crippen LogP contribution in [0.2, 0.25) is 0 Å². The van der Waals surface area contributed by atoms with Crippen molar-refractivity contribution in [2.75, 3.05) is 13.2 Å². The molecule has 0 radical (unpaired) electrons. The number of unbranched alkanes of at least 4 members (excludes halogenated alkanes) is 18. The minimum atomic E-state index is -0.776. The summed E-state index contributed by atoms with van der Waals surface area (Å²) in [5, 5.41) is 9.52. The second-order valence-corrected chi connectivity index (χ2v) is 11.9. The van der Waals surface area contributed by atoms with Crippen molar-refractivity contribution in [3.63, 3.8) is 0 Å².